The molecule has 0 aliphatic heterocycles. The maximum Gasteiger partial charge on any atom is 0.472 e. The summed E-state index contributed by atoms with van der Waals surface area (Å²) < 4.78 is 23.7. The summed E-state index contributed by atoms with van der Waals surface area (Å²) in [5.41, 5.74) is 0. The second-order valence-corrected chi connectivity index (χ2v) is 21.0. The first-order valence-corrected chi connectivity index (χ1v) is 28.6. The molecule has 0 heterocycles. The van der Waals surface area contributed by atoms with Crippen LogP contribution in [0.3, 0.4) is 0 Å². The topological polar surface area (TPSA) is 105 Å². The van der Waals surface area contributed by atoms with Crippen molar-refractivity contribution in [2.24, 2.45) is 0 Å². The minimum atomic E-state index is -4.34. The molecule has 0 aromatic carbocycles. The van der Waals surface area contributed by atoms with Crippen molar-refractivity contribution in [1.82, 2.24) is 5.32 Å². The number of phosphoric acid groups is 1. The van der Waals surface area contributed by atoms with Gasteiger partial charge in [-0.25, -0.2) is 4.57 Å². The number of allylic oxidation sites excluding steroid dienone is 10. The number of amides is 1. The molecule has 0 aromatic rings. The Labute approximate surface area is 402 Å². The van der Waals surface area contributed by atoms with Crippen LogP contribution in [0.1, 0.15) is 239 Å². The molecule has 0 rings (SSSR count). The summed E-state index contributed by atoms with van der Waals surface area (Å²) in [5, 5.41) is 14.0. The number of carbonyl (C=O) groups is 1. The Morgan fingerprint density at radius 3 is 1.29 bits per heavy atom. The minimum Gasteiger partial charge on any atom is -0.391 e. The first-order chi connectivity index (χ1) is 31.5. The van der Waals surface area contributed by atoms with Crippen molar-refractivity contribution < 1.29 is 32.9 Å². The highest BCUT2D eigenvalue weighted by atomic mass is 31.2. The SMILES string of the molecule is CC/C=C\C/C=C\C/C=C\C/C=C\C/C=C\CCCC(=O)NC(COP(=O)(O)OCC[N+](C)(C)C)C(O)CCCCCCCCCCCCCCCCCCCCCCCCCCCC. The number of likely N-dealkylation sites (N-methyl/N-ethyl adjacent to an activating group) is 1. The standard InChI is InChI=1S/C56H105N2O6P/c1-6-8-10-12-14-16-18-20-22-24-25-26-27-28-29-30-31-32-34-35-37-39-41-43-45-47-49-55(59)54(53-64-65(61,62)63-52-51-58(3,4)5)57-56(60)50-48-46-44-42-40-38-36-33-23-21-19-17-15-13-11-9-7-2/h9,11,15,17,21,23,36,38,42,44,54-55,59H,6-8,10,12-14,16,18-20,22,24-35,37,39-41,43,45-53H2,1-5H3,(H-,57,60,61,62)/p+1/b11-9-,17-15-,23-21-,38-36-,44-42-. The van der Waals surface area contributed by atoms with E-state index in [2.05, 4.69) is 79.9 Å². The zero-order valence-corrected chi connectivity index (χ0v) is 44.1. The number of unbranched alkanes of at least 4 members (excludes halogenated alkanes) is 26. The number of phosphoric ester groups is 1. The maximum absolute atomic E-state index is 12.9. The van der Waals surface area contributed by atoms with Gasteiger partial charge in [0.1, 0.15) is 13.2 Å². The number of nitrogens with zero attached hydrogens (tertiary/aromatic N) is 1. The van der Waals surface area contributed by atoms with E-state index in [9.17, 15) is 19.4 Å². The van der Waals surface area contributed by atoms with Crippen LogP contribution in [0, 0.1) is 0 Å². The fourth-order valence-corrected chi connectivity index (χ4v) is 8.53. The second kappa shape index (κ2) is 47.3. The molecule has 0 fully saturated rings. The third-order valence-corrected chi connectivity index (χ3v) is 13.0. The molecular weight excluding hydrogens is 828 g/mol. The van der Waals surface area contributed by atoms with Crippen molar-refractivity contribution in [3.05, 3.63) is 60.8 Å². The molecule has 0 aliphatic rings. The Hall–Kier alpha value is -1.80. The molecule has 0 aromatic heterocycles. The van der Waals surface area contributed by atoms with Crippen molar-refractivity contribution in [1.29, 1.82) is 0 Å². The fraction of sp³-hybridized carbons (Fsp3) is 0.804. The Kier molecular flexibility index (Phi) is 46.0. The van der Waals surface area contributed by atoms with Gasteiger partial charge >= 0.3 is 7.82 Å². The number of hydrogen-bond acceptors (Lipinski definition) is 5. The molecule has 0 bridgehead atoms. The van der Waals surface area contributed by atoms with Gasteiger partial charge in [-0.1, -0.05) is 242 Å². The molecule has 1 amide bonds. The molecule has 3 atom stereocenters. The van der Waals surface area contributed by atoms with Crippen molar-refractivity contribution in [3.8, 4) is 0 Å². The lowest BCUT2D eigenvalue weighted by molar-refractivity contribution is -0.870. The fourth-order valence-electron chi connectivity index (χ4n) is 7.79. The number of hydrogen-bond donors (Lipinski definition) is 3. The summed E-state index contributed by atoms with van der Waals surface area (Å²) >= 11 is 0. The van der Waals surface area contributed by atoms with Crippen LogP contribution in [0.5, 0.6) is 0 Å². The molecule has 65 heavy (non-hydrogen) atoms. The van der Waals surface area contributed by atoms with E-state index in [1.54, 1.807) is 0 Å². The molecule has 3 N–H and O–H groups in total. The first-order valence-electron chi connectivity index (χ1n) is 27.2. The second-order valence-electron chi connectivity index (χ2n) is 19.6. The van der Waals surface area contributed by atoms with Crippen molar-refractivity contribution in [3.63, 3.8) is 0 Å². The van der Waals surface area contributed by atoms with E-state index in [4.69, 9.17) is 9.05 Å². The van der Waals surface area contributed by atoms with Gasteiger partial charge in [0, 0.05) is 6.42 Å². The monoisotopic (exact) mass is 934 g/mol. The summed E-state index contributed by atoms with van der Waals surface area (Å²) in [6.07, 6.45) is 62.9. The van der Waals surface area contributed by atoms with Gasteiger partial charge in [-0.3, -0.25) is 13.8 Å². The number of rotatable bonds is 49. The Morgan fingerprint density at radius 1 is 0.538 bits per heavy atom. The molecular formula is C56H106N2O6P+. The third-order valence-electron chi connectivity index (χ3n) is 12.0. The lowest BCUT2D eigenvalue weighted by atomic mass is 10.0. The van der Waals surface area contributed by atoms with Gasteiger partial charge in [-0.2, -0.15) is 0 Å². The van der Waals surface area contributed by atoms with Crippen LogP contribution in [0.4, 0.5) is 0 Å². The third kappa shape index (κ3) is 49.9. The molecule has 0 spiro atoms. The van der Waals surface area contributed by atoms with Gasteiger partial charge in [-0.05, 0) is 51.4 Å². The zero-order valence-electron chi connectivity index (χ0n) is 43.2. The molecule has 0 saturated carbocycles. The highest BCUT2D eigenvalue weighted by molar-refractivity contribution is 7.47. The Morgan fingerprint density at radius 2 is 0.908 bits per heavy atom. The van der Waals surface area contributed by atoms with Gasteiger partial charge in [0.05, 0.1) is 39.9 Å². The van der Waals surface area contributed by atoms with Crippen molar-refractivity contribution in [2.75, 3.05) is 40.9 Å². The van der Waals surface area contributed by atoms with E-state index < -0.39 is 20.0 Å². The van der Waals surface area contributed by atoms with Crippen LogP contribution in [-0.4, -0.2) is 73.4 Å². The lowest BCUT2D eigenvalue weighted by Crippen LogP contribution is -2.46. The van der Waals surface area contributed by atoms with Crippen molar-refractivity contribution >= 4 is 13.7 Å². The Bertz CT molecular complexity index is 1240. The summed E-state index contributed by atoms with van der Waals surface area (Å²) in [6.45, 7) is 4.74. The lowest BCUT2D eigenvalue weighted by Gasteiger charge is -2.26. The normalized spacial score (nSPS) is 14.5. The molecule has 0 radical (unpaired) electrons. The Balaban J connectivity index is 4.24. The van der Waals surface area contributed by atoms with E-state index >= 15 is 0 Å². The summed E-state index contributed by atoms with van der Waals surface area (Å²) in [6, 6.07) is -0.794. The van der Waals surface area contributed by atoms with E-state index in [1.807, 2.05) is 21.1 Å². The van der Waals surface area contributed by atoms with E-state index in [0.29, 0.717) is 30.3 Å². The van der Waals surface area contributed by atoms with E-state index in [0.717, 1.165) is 57.8 Å². The summed E-state index contributed by atoms with van der Waals surface area (Å²) in [4.78, 5) is 23.2. The predicted octanol–water partition coefficient (Wildman–Crippen LogP) is 16.1. The largest absolute Gasteiger partial charge is 0.472 e. The molecule has 0 aliphatic carbocycles. The predicted molar refractivity (Wildman–Crippen MR) is 281 cm³/mol. The van der Waals surface area contributed by atoms with Crippen LogP contribution < -0.4 is 5.32 Å². The molecule has 380 valence electrons. The van der Waals surface area contributed by atoms with Crippen LogP contribution in [0.2, 0.25) is 0 Å². The molecule has 9 heteroatoms. The number of aliphatic hydroxyl groups excluding tert-OH is 1. The van der Waals surface area contributed by atoms with Crippen LogP contribution in [-0.2, 0) is 18.4 Å². The van der Waals surface area contributed by atoms with E-state index in [1.165, 1.54) is 148 Å². The molecule has 8 nitrogen and oxygen atoms in total. The van der Waals surface area contributed by atoms with Gasteiger partial charge in [-0.15, -0.1) is 0 Å². The van der Waals surface area contributed by atoms with Gasteiger partial charge < -0.3 is 19.8 Å². The van der Waals surface area contributed by atoms with Crippen LogP contribution in [0.15, 0.2) is 60.8 Å². The summed E-state index contributed by atoms with van der Waals surface area (Å²) in [5.74, 6) is -0.200. The van der Waals surface area contributed by atoms with Crippen LogP contribution >= 0.6 is 7.82 Å². The zero-order chi connectivity index (χ0) is 47.8. The smallest absolute Gasteiger partial charge is 0.391 e. The maximum atomic E-state index is 12.9. The van der Waals surface area contributed by atoms with Gasteiger partial charge in [0.2, 0.25) is 5.91 Å². The molecule has 3 unspecified atom stereocenters. The van der Waals surface area contributed by atoms with Crippen molar-refractivity contribution in [2.45, 2.75) is 251 Å². The number of aliphatic hydroxyl groups is 1. The van der Waals surface area contributed by atoms with Gasteiger partial charge in [0.15, 0.2) is 0 Å². The highest BCUT2D eigenvalue weighted by Crippen LogP contribution is 2.43. The van der Waals surface area contributed by atoms with E-state index in [-0.39, 0.29) is 19.1 Å². The average Bonchev–Trinajstić information content (AvgIpc) is 3.26. The van der Waals surface area contributed by atoms with Crippen LogP contribution in [0.25, 0.3) is 0 Å². The average molecular weight is 934 g/mol. The molecule has 0 saturated heterocycles. The first kappa shape index (κ1) is 63.2. The quantitative estimate of drug-likeness (QED) is 0.0243. The number of quaternary nitrogens is 1. The summed E-state index contributed by atoms with van der Waals surface area (Å²) in [7, 11) is 1.58. The minimum absolute atomic E-state index is 0.0618. The number of carbonyl (C=O) groups excluding carboxylic acids is 1. The number of nitrogens with one attached hydrogen (secondary N) is 1. The highest BCUT2D eigenvalue weighted by Gasteiger charge is 2.28. The van der Waals surface area contributed by atoms with Gasteiger partial charge in [0.25, 0.3) is 0 Å².